The summed E-state index contributed by atoms with van der Waals surface area (Å²) in [5.74, 6) is -0.123. The molecule has 104 valence electrons. The fraction of sp³-hybridized carbons (Fsp3) is 0.333. The van der Waals surface area contributed by atoms with Crippen molar-refractivity contribution in [3.8, 4) is 11.4 Å². The van der Waals surface area contributed by atoms with Crippen LogP contribution in [0.1, 0.15) is 18.9 Å². The van der Waals surface area contributed by atoms with E-state index in [1.54, 1.807) is 12.4 Å². The van der Waals surface area contributed by atoms with Gasteiger partial charge in [0.2, 0.25) is 0 Å². The minimum absolute atomic E-state index is 0.0123. The summed E-state index contributed by atoms with van der Waals surface area (Å²) in [6, 6.07) is 2.30. The highest BCUT2D eigenvalue weighted by atomic mass is 79.9. The zero-order valence-electron chi connectivity index (χ0n) is 10.4. The Labute approximate surface area is 127 Å². The number of aliphatic carboxylic acids is 1. The van der Waals surface area contributed by atoms with E-state index in [-0.39, 0.29) is 5.75 Å². The first-order valence-electron chi connectivity index (χ1n) is 6.05. The zero-order valence-corrected chi connectivity index (χ0v) is 12.8. The Morgan fingerprint density at radius 3 is 2.90 bits per heavy atom. The van der Waals surface area contributed by atoms with Gasteiger partial charge < -0.3 is 5.11 Å². The van der Waals surface area contributed by atoms with Gasteiger partial charge in [0.25, 0.3) is 0 Å². The van der Waals surface area contributed by atoms with E-state index in [2.05, 4.69) is 31.1 Å². The standard InChI is InChI=1S/C12H11BrN4O2S/c13-8-3-7(4-14-5-8)11-15-16-12(20-6-10(18)19)17(11)9-1-2-9/h3-5,9H,1-2,6H2,(H,18,19). The van der Waals surface area contributed by atoms with E-state index in [4.69, 9.17) is 5.11 Å². The molecule has 3 rings (SSSR count). The van der Waals surface area contributed by atoms with Crippen LogP contribution in [0.4, 0.5) is 0 Å². The number of carboxylic acids is 1. The van der Waals surface area contributed by atoms with Crippen molar-refractivity contribution in [3.05, 3.63) is 22.9 Å². The van der Waals surface area contributed by atoms with Crippen LogP contribution in [-0.2, 0) is 4.79 Å². The van der Waals surface area contributed by atoms with Gasteiger partial charge >= 0.3 is 5.97 Å². The van der Waals surface area contributed by atoms with Crippen LogP contribution in [0.3, 0.4) is 0 Å². The lowest BCUT2D eigenvalue weighted by atomic mass is 10.3. The van der Waals surface area contributed by atoms with E-state index in [1.165, 1.54) is 11.8 Å². The lowest BCUT2D eigenvalue weighted by Crippen LogP contribution is -2.03. The van der Waals surface area contributed by atoms with E-state index in [9.17, 15) is 4.79 Å². The molecule has 1 fully saturated rings. The normalized spacial score (nSPS) is 14.4. The Bertz CT molecular complexity index is 657. The molecule has 20 heavy (non-hydrogen) atoms. The Morgan fingerprint density at radius 1 is 1.45 bits per heavy atom. The molecule has 6 nitrogen and oxygen atoms in total. The number of nitrogens with zero attached hydrogens (tertiary/aromatic N) is 4. The first kappa shape index (κ1) is 13.6. The van der Waals surface area contributed by atoms with E-state index >= 15 is 0 Å². The maximum absolute atomic E-state index is 10.7. The molecule has 0 aromatic carbocycles. The second-order valence-electron chi connectivity index (χ2n) is 4.48. The highest BCUT2D eigenvalue weighted by Gasteiger charge is 2.30. The third kappa shape index (κ3) is 2.85. The van der Waals surface area contributed by atoms with E-state index in [0.717, 1.165) is 28.7 Å². The van der Waals surface area contributed by atoms with Crippen molar-refractivity contribution in [2.75, 3.05) is 5.75 Å². The van der Waals surface area contributed by atoms with Gasteiger partial charge in [0.15, 0.2) is 11.0 Å². The zero-order chi connectivity index (χ0) is 14.1. The van der Waals surface area contributed by atoms with E-state index < -0.39 is 5.97 Å². The number of hydrogen-bond donors (Lipinski definition) is 1. The monoisotopic (exact) mass is 354 g/mol. The minimum Gasteiger partial charge on any atom is -0.481 e. The van der Waals surface area contributed by atoms with Crippen molar-refractivity contribution < 1.29 is 9.90 Å². The van der Waals surface area contributed by atoms with Crippen LogP contribution in [0.25, 0.3) is 11.4 Å². The number of pyridine rings is 1. The number of halogens is 1. The van der Waals surface area contributed by atoms with Gasteiger partial charge in [-0.05, 0) is 34.8 Å². The minimum atomic E-state index is -0.856. The predicted octanol–water partition coefficient (Wildman–Crippen LogP) is 2.61. The number of carboxylic acid groups (broad SMARTS) is 1. The van der Waals surface area contributed by atoms with Crippen molar-refractivity contribution in [2.24, 2.45) is 0 Å². The van der Waals surface area contributed by atoms with Gasteiger partial charge in [0, 0.05) is 28.5 Å². The number of aromatic nitrogens is 4. The molecule has 0 spiro atoms. The molecule has 1 aliphatic rings. The summed E-state index contributed by atoms with van der Waals surface area (Å²) in [7, 11) is 0. The average molecular weight is 355 g/mol. The van der Waals surface area contributed by atoms with Gasteiger partial charge in [-0.2, -0.15) is 0 Å². The highest BCUT2D eigenvalue weighted by Crippen LogP contribution is 2.41. The topological polar surface area (TPSA) is 80.9 Å². The van der Waals surface area contributed by atoms with Crippen LogP contribution in [0.5, 0.6) is 0 Å². The summed E-state index contributed by atoms with van der Waals surface area (Å²) >= 11 is 4.59. The van der Waals surface area contributed by atoms with Gasteiger partial charge in [-0.1, -0.05) is 11.8 Å². The summed E-state index contributed by atoms with van der Waals surface area (Å²) in [6.45, 7) is 0. The Hall–Kier alpha value is -1.41. The predicted molar refractivity (Wildman–Crippen MR) is 77.6 cm³/mol. The van der Waals surface area contributed by atoms with Crippen LogP contribution < -0.4 is 0 Å². The van der Waals surface area contributed by atoms with E-state index in [0.29, 0.717) is 11.2 Å². The van der Waals surface area contributed by atoms with E-state index in [1.807, 2.05) is 10.6 Å². The number of hydrogen-bond acceptors (Lipinski definition) is 5. The second kappa shape index (κ2) is 5.53. The lowest BCUT2D eigenvalue weighted by Gasteiger charge is -2.08. The Balaban J connectivity index is 1.97. The summed E-state index contributed by atoms with van der Waals surface area (Å²) in [5.41, 5.74) is 0.876. The van der Waals surface area contributed by atoms with Crippen molar-refractivity contribution in [1.29, 1.82) is 0 Å². The Morgan fingerprint density at radius 2 is 2.25 bits per heavy atom. The van der Waals surface area contributed by atoms with Crippen molar-refractivity contribution in [1.82, 2.24) is 19.7 Å². The van der Waals surface area contributed by atoms with Gasteiger partial charge in [0.1, 0.15) is 0 Å². The van der Waals surface area contributed by atoms with Gasteiger partial charge in [-0.3, -0.25) is 14.3 Å². The molecule has 0 aliphatic heterocycles. The van der Waals surface area contributed by atoms with Crippen LogP contribution in [-0.4, -0.2) is 36.6 Å². The molecular weight excluding hydrogens is 344 g/mol. The molecular formula is C12H11BrN4O2S. The molecule has 1 aliphatic carbocycles. The molecule has 2 aromatic rings. The Kier molecular flexibility index (Phi) is 3.75. The molecule has 0 radical (unpaired) electrons. The largest absolute Gasteiger partial charge is 0.481 e. The third-order valence-electron chi connectivity index (χ3n) is 2.86. The molecule has 2 heterocycles. The van der Waals surface area contributed by atoms with Gasteiger partial charge in [-0.15, -0.1) is 10.2 Å². The quantitative estimate of drug-likeness (QED) is 0.831. The van der Waals surface area contributed by atoms with Crippen molar-refractivity contribution >= 4 is 33.7 Å². The lowest BCUT2D eigenvalue weighted by molar-refractivity contribution is -0.133. The first-order chi connectivity index (χ1) is 9.65. The maximum Gasteiger partial charge on any atom is 0.313 e. The SMILES string of the molecule is O=C(O)CSc1nnc(-c2cncc(Br)c2)n1C1CC1. The average Bonchev–Trinajstić information content (AvgIpc) is 3.16. The smallest absolute Gasteiger partial charge is 0.313 e. The van der Waals surface area contributed by atoms with Crippen LogP contribution >= 0.6 is 27.7 Å². The van der Waals surface area contributed by atoms with Crippen molar-refractivity contribution in [2.45, 2.75) is 24.0 Å². The second-order valence-corrected chi connectivity index (χ2v) is 6.34. The molecule has 0 bridgehead atoms. The third-order valence-corrected chi connectivity index (χ3v) is 4.23. The molecule has 2 aromatic heterocycles. The van der Waals surface area contributed by atoms with Crippen LogP contribution in [0.15, 0.2) is 28.1 Å². The van der Waals surface area contributed by atoms with Crippen LogP contribution in [0, 0.1) is 0 Å². The summed E-state index contributed by atoms with van der Waals surface area (Å²) in [5, 5.41) is 17.8. The number of carbonyl (C=O) groups is 1. The number of thioether (sulfide) groups is 1. The molecule has 0 atom stereocenters. The highest BCUT2D eigenvalue weighted by molar-refractivity contribution is 9.10. The summed E-state index contributed by atoms with van der Waals surface area (Å²) < 4.78 is 2.90. The molecule has 0 amide bonds. The maximum atomic E-state index is 10.7. The summed E-state index contributed by atoms with van der Waals surface area (Å²) in [4.78, 5) is 14.8. The molecule has 0 unspecified atom stereocenters. The van der Waals surface area contributed by atoms with Crippen molar-refractivity contribution in [3.63, 3.8) is 0 Å². The van der Waals surface area contributed by atoms with Gasteiger partial charge in [-0.25, -0.2) is 0 Å². The fourth-order valence-corrected chi connectivity index (χ4v) is 2.99. The molecule has 8 heteroatoms. The first-order valence-corrected chi connectivity index (χ1v) is 7.83. The summed E-state index contributed by atoms with van der Waals surface area (Å²) in [6.07, 6.45) is 5.60. The fourth-order valence-electron chi connectivity index (χ4n) is 1.89. The molecule has 1 N–H and O–H groups in total. The number of rotatable bonds is 5. The molecule has 1 saturated carbocycles. The van der Waals surface area contributed by atoms with Crippen LogP contribution in [0.2, 0.25) is 0 Å². The van der Waals surface area contributed by atoms with Gasteiger partial charge in [0.05, 0.1) is 5.75 Å². The molecule has 0 saturated heterocycles.